The lowest BCUT2D eigenvalue weighted by molar-refractivity contribution is -0.137. The molecule has 3 fully saturated rings. The molecule has 2 N–H and O–H groups in total. The van der Waals surface area contributed by atoms with Gasteiger partial charge in [0.05, 0.1) is 21.3 Å². The van der Waals surface area contributed by atoms with Gasteiger partial charge < -0.3 is 15.4 Å². The number of nitrogens with zero attached hydrogens (tertiary/aromatic N) is 5. The van der Waals surface area contributed by atoms with Gasteiger partial charge in [0.2, 0.25) is 0 Å². The van der Waals surface area contributed by atoms with Crippen molar-refractivity contribution in [2.24, 2.45) is 0 Å². The van der Waals surface area contributed by atoms with Crippen LogP contribution in [0.25, 0.3) is 32.2 Å². The number of anilines is 2. The zero-order valence-electron chi connectivity index (χ0n) is 23.9. The van der Waals surface area contributed by atoms with Gasteiger partial charge in [-0.05, 0) is 56.8 Å². The maximum Gasteiger partial charge on any atom is 0.417 e. The number of rotatable bonds is 6. The minimum Gasteiger partial charge on any atom is -0.461 e. The number of hydrogen-bond acceptors (Lipinski definition) is 8. The molecule has 7 nitrogen and oxygen atoms in total. The summed E-state index contributed by atoms with van der Waals surface area (Å²) in [6.45, 7) is 3.62. The van der Waals surface area contributed by atoms with E-state index in [1.807, 2.05) is 11.8 Å². The van der Waals surface area contributed by atoms with Crippen molar-refractivity contribution in [3.8, 4) is 17.1 Å². The van der Waals surface area contributed by atoms with Crippen molar-refractivity contribution in [3.63, 3.8) is 0 Å². The zero-order chi connectivity index (χ0) is 31.0. The van der Waals surface area contributed by atoms with Gasteiger partial charge >= 0.3 is 12.2 Å². The summed E-state index contributed by atoms with van der Waals surface area (Å²) >= 11 is 0.766. The average molecular weight is 637 g/mol. The van der Waals surface area contributed by atoms with Crippen LogP contribution in [-0.2, 0) is 6.18 Å². The molecular weight excluding hydrogens is 606 g/mol. The van der Waals surface area contributed by atoms with Crippen LogP contribution in [-0.4, -0.2) is 63.8 Å². The summed E-state index contributed by atoms with van der Waals surface area (Å²) in [5.41, 5.74) is 2.40. The third kappa shape index (κ3) is 4.72. The van der Waals surface area contributed by atoms with Crippen molar-refractivity contribution in [3.05, 3.63) is 35.4 Å². The Kier molecular flexibility index (Phi) is 7.07. The summed E-state index contributed by atoms with van der Waals surface area (Å²) in [6.07, 6.45) is -1.76. The maximum absolute atomic E-state index is 16.7. The van der Waals surface area contributed by atoms with Crippen LogP contribution in [0.15, 0.2) is 18.2 Å². The fraction of sp³-hybridized carbons (Fsp3) is 0.500. The number of hydrogen-bond donors (Lipinski definition) is 1. The molecule has 7 rings (SSSR count). The van der Waals surface area contributed by atoms with Crippen molar-refractivity contribution in [2.75, 3.05) is 36.9 Å². The van der Waals surface area contributed by atoms with Gasteiger partial charge in [-0.3, -0.25) is 4.90 Å². The van der Waals surface area contributed by atoms with E-state index in [9.17, 15) is 22.0 Å². The van der Waals surface area contributed by atoms with Gasteiger partial charge in [0.15, 0.2) is 10.9 Å². The number of nitrogens with two attached hydrogens (primary N) is 1. The Bertz CT molecular complexity index is 1760. The molecule has 3 atom stereocenters. The Hall–Kier alpha value is -3.39. The first-order valence-electron chi connectivity index (χ1n) is 14.7. The van der Waals surface area contributed by atoms with Gasteiger partial charge in [-0.1, -0.05) is 18.3 Å². The van der Waals surface area contributed by atoms with E-state index >= 15 is 4.39 Å². The molecule has 2 aromatic heterocycles. The molecule has 0 aliphatic carbocycles. The fourth-order valence-corrected chi connectivity index (χ4v) is 8.11. The van der Waals surface area contributed by atoms with Gasteiger partial charge in [-0.15, -0.1) is 0 Å². The second kappa shape index (κ2) is 10.6. The van der Waals surface area contributed by atoms with Crippen molar-refractivity contribution >= 4 is 43.4 Å². The molecule has 0 radical (unpaired) electrons. The Morgan fingerprint density at radius 1 is 1.11 bits per heavy atom. The number of nitrogen functional groups attached to an aromatic ring is 1. The van der Waals surface area contributed by atoms with E-state index in [-0.39, 0.29) is 56.3 Å². The van der Waals surface area contributed by atoms with E-state index in [0.29, 0.717) is 25.9 Å². The van der Waals surface area contributed by atoms with E-state index in [4.69, 9.17) is 10.5 Å². The first-order chi connectivity index (χ1) is 21.0. The minimum atomic E-state index is -4.98. The van der Waals surface area contributed by atoms with E-state index in [0.717, 1.165) is 61.8 Å². The van der Waals surface area contributed by atoms with Gasteiger partial charge in [0, 0.05) is 42.1 Å². The lowest BCUT2D eigenvalue weighted by Gasteiger charge is -2.31. The van der Waals surface area contributed by atoms with Gasteiger partial charge in [0.1, 0.15) is 29.9 Å². The summed E-state index contributed by atoms with van der Waals surface area (Å²) in [5, 5.41) is -0.170. The van der Waals surface area contributed by atoms with Crippen molar-refractivity contribution < 1.29 is 31.1 Å². The maximum atomic E-state index is 16.7. The van der Waals surface area contributed by atoms with Crippen molar-refractivity contribution in [1.29, 1.82) is 0 Å². The lowest BCUT2D eigenvalue weighted by Crippen LogP contribution is -2.43. The highest BCUT2D eigenvalue weighted by Crippen LogP contribution is 2.47. The molecule has 0 amide bonds. The second-order valence-electron chi connectivity index (χ2n) is 11.9. The predicted octanol–water partition coefficient (Wildman–Crippen LogP) is 7.12. The number of ether oxygens (including phenoxy) is 1. The highest BCUT2D eigenvalue weighted by atomic mass is 32.1. The number of thiazole rings is 1. The molecule has 2 aromatic carbocycles. The van der Waals surface area contributed by atoms with Gasteiger partial charge in [-0.25, -0.2) is 18.2 Å². The number of aromatic nitrogens is 3. The highest BCUT2D eigenvalue weighted by molar-refractivity contribution is 7.22. The van der Waals surface area contributed by atoms with Crippen LogP contribution in [0, 0.1) is 11.6 Å². The second-order valence-corrected chi connectivity index (χ2v) is 13.0. The molecule has 4 aromatic rings. The van der Waals surface area contributed by atoms with E-state index in [1.54, 1.807) is 0 Å². The molecule has 234 valence electrons. The van der Waals surface area contributed by atoms with Crippen LogP contribution >= 0.6 is 11.3 Å². The number of fused-ring (bicyclic) bond motifs is 3. The third-order valence-electron chi connectivity index (χ3n) is 9.33. The highest BCUT2D eigenvalue weighted by Gasteiger charge is 2.49. The SMILES string of the molecule is CC[C@@H]1CCCN1c1nc(OC[C@@]23CCCN2C[C@H](F)C3)nc2c(F)c(-c3ccc(F)c4sc(N)nc34)c(C(F)(F)F)cc12. The van der Waals surface area contributed by atoms with Crippen LogP contribution in [0.1, 0.15) is 51.0 Å². The van der Waals surface area contributed by atoms with Crippen LogP contribution in [0.5, 0.6) is 6.01 Å². The van der Waals surface area contributed by atoms with Gasteiger partial charge in [-0.2, -0.15) is 23.1 Å². The van der Waals surface area contributed by atoms with Crippen LogP contribution in [0.4, 0.5) is 37.3 Å². The van der Waals surface area contributed by atoms with E-state index in [2.05, 4.69) is 19.9 Å². The molecule has 3 aliphatic heterocycles. The summed E-state index contributed by atoms with van der Waals surface area (Å²) in [6, 6.07) is 2.71. The average Bonchev–Trinajstić information content (AvgIpc) is 3.75. The molecule has 5 heterocycles. The summed E-state index contributed by atoms with van der Waals surface area (Å²) in [7, 11) is 0. The minimum absolute atomic E-state index is 0.0150. The molecule has 0 spiro atoms. The lowest BCUT2D eigenvalue weighted by atomic mass is 9.95. The molecule has 0 saturated carbocycles. The summed E-state index contributed by atoms with van der Waals surface area (Å²) in [4.78, 5) is 16.9. The smallest absolute Gasteiger partial charge is 0.417 e. The first kappa shape index (κ1) is 29.3. The number of benzene rings is 2. The van der Waals surface area contributed by atoms with Gasteiger partial charge in [0.25, 0.3) is 0 Å². The first-order valence-corrected chi connectivity index (χ1v) is 15.6. The standard InChI is InChI=1S/C30H30F6N6OS/c1-2-16-5-3-10-42(16)26-18-11-19(30(34,35)36)21(17-6-7-20(32)25-24(17)38-27(37)44-25)22(33)23(18)39-28(40-26)43-14-29-8-4-9-41(29)13-15(31)12-29/h6-7,11,15-16H,2-5,8-10,12-14H2,1H3,(H2,37,38)/t15-,16-,29+/m1/s1. The molecule has 0 unspecified atom stereocenters. The van der Waals surface area contributed by atoms with Crippen LogP contribution < -0.4 is 15.4 Å². The Morgan fingerprint density at radius 2 is 1.93 bits per heavy atom. The topological polar surface area (TPSA) is 80.4 Å². The third-order valence-corrected chi connectivity index (χ3v) is 10.2. The summed E-state index contributed by atoms with van der Waals surface area (Å²) in [5.74, 6) is -1.82. The monoisotopic (exact) mass is 636 g/mol. The predicted molar refractivity (Wildman–Crippen MR) is 157 cm³/mol. The summed E-state index contributed by atoms with van der Waals surface area (Å²) < 4.78 is 95.9. The largest absolute Gasteiger partial charge is 0.461 e. The quantitative estimate of drug-likeness (QED) is 0.226. The zero-order valence-corrected chi connectivity index (χ0v) is 24.7. The molecule has 14 heteroatoms. The Balaban J connectivity index is 1.44. The molecule has 3 saturated heterocycles. The molecule has 0 bridgehead atoms. The molecular formula is C30H30F6N6OS. The number of alkyl halides is 4. The fourth-order valence-electron chi connectivity index (χ4n) is 7.34. The Morgan fingerprint density at radius 3 is 2.70 bits per heavy atom. The van der Waals surface area contributed by atoms with Crippen molar-refractivity contribution in [1.82, 2.24) is 19.9 Å². The normalized spacial score (nSPS) is 24.2. The van der Waals surface area contributed by atoms with E-state index < -0.39 is 40.6 Å². The van der Waals surface area contributed by atoms with E-state index in [1.165, 1.54) is 0 Å². The molecule has 44 heavy (non-hydrogen) atoms. The Labute approximate surface area is 253 Å². The van der Waals surface area contributed by atoms with Crippen LogP contribution in [0.3, 0.4) is 0 Å². The van der Waals surface area contributed by atoms with Crippen molar-refractivity contribution in [2.45, 2.75) is 69.4 Å². The molecule has 3 aliphatic rings. The van der Waals surface area contributed by atoms with Crippen LogP contribution in [0.2, 0.25) is 0 Å². The number of halogens is 6.